The zero-order valence-corrected chi connectivity index (χ0v) is 20.4. The summed E-state index contributed by atoms with van der Waals surface area (Å²) in [7, 11) is 0. The van der Waals surface area contributed by atoms with Crippen LogP contribution in [-0.2, 0) is 19.1 Å². The Balaban J connectivity index is 2.01. The number of carboxylic acids is 2. The maximum absolute atomic E-state index is 13.7. The number of thioether (sulfide) groups is 1. The van der Waals surface area contributed by atoms with Gasteiger partial charge in [-0.3, -0.25) is 9.59 Å². The van der Waals surface area contributed by atoms with Crippen LogP contribution in [0, 0.1) is 36.4 Å². The molecule has 0 spiro atoms. The fourth-order valence-corrected chi connectivity index (χ4v) is 6.31. The van der Waals surface area contributed by atoms with Gasteiger partial charge in [0.1, 0.15) is 17.0 Å². The Morgan fingerprint density at radius 2 is 1.85 bits per heavy atom. The van der Waals surface area contributed by atoms with Gasteiger partial charge in [0.25, 0.3) is 0 Å². The van der Waals surface area contributed by atoms with E-state index in [1.807, 2.05) is 0 Å². The Bertz CT molecular complexity index is 1030. The second kappa shape index (κ2) is 9.09. The molecule has 3 rings (SSSR count). The smallest absolute Gasteiger partial charge is 0.408 e. The van der Waals surface area contributed by atoms with Gasteiger partial charge >= 0.3 is 18.0 Å². The van der Waals surface area contributed by atoms with Crippen LogP contribution < -0.4 is 10.6 Å². The Morgan fingerprint density at radius 3 is 2.35 bits per heavy atom. The summed E-state index contributed by atoms with van der Waals surface area (Å²) in [5.41, 5.74) is -2.48. The van der Waals surface area contributed by atoms with Gasteiger partial charge in [-0.25, -0.2) is 14.0 Å². The number of benzene rings is 1. The lowest BCUT2D eigenvalue weighted by Crippen LogP contribution is -2.64. The first-order valence-corrected chi connectivity index (χ1v) is 11.8. The molecule has 4 N–H and O–H groups in total. The van der Waals surface area contributed by atoms with Crippen molar-refractivity contribution < 1.29 is 38.5 Å². The second-order valence-corrected chi connectivity index (χ2v) is 10.9. The molecular formula is C23H29FN2O7S. The standard InChI is InChI=1S/C23H29FN2O7S/c1-10-8-12(6-7-14(10)24)34-9-13-18(25-11(2)27)15-16(19(28)29)17(15)23(13,20(30)31)26-21(32)33-22(3,4)5/h6-8,13,15-18H,9H2,1-5H3,(H,25,27)(H,26,32)(H,28,29)(H,30,31)/t13-,15+,16+,17+,18-,23+/m1/s1. The molecule has 11 heteroatoms. The molecule has 0 bridgehead atoms. The number of carbonyl (C=O) groups excluding carboxylic acids is 2. The topological polar surface area (TPSA) is 142 Å². The van der Waals surface area contributed by atoms with Crippen LogP contribution in [0.15, 0.2) is 23.1 Å². The molecule has 6 atom stereocenters. The number of alkyl carbamates (subject to hydrolysis) is 1. The molecule has 0 aliphatic heterocycles. The number of aliphatic carboxylic acids is 2. The largest absolute Gasteiger partial charge is 0.481 e. The first-order valence-electron chi connectivity index (χ1n) is 10.8. The maximum Gasteiger partial charge on any atom is 0.408 e. The Hall–Kier alpha value is -2.82. The Labute approximate surface area is 200 Å². The van der Waals surface area contributed by atoms with Crippen molar-refractivity contribution in [2.45, 2.75) is 56.7 Å². The van der Waals surface area contributed by atoms with Gasteiger partial charge in [0.15, 0.2) is 0 Å². The van der Waals surface area contributed by atoms with E-state index < -0.39 is 64.8 Å². The Morgan fingerprint density at radius 1 is 1.21 bits per heavy atom. The molecular weight excluding hydrogens is 467 g/mol. The summed E-state index contributed by atoms with van der Waals surface area (Å²) in [5.74, 6) is -6.80. The van der Waals surface area contributed by atoms with E-state index in [-0.39, 0.29) is 11.6 Å². The molecule has 2 amide bonds. The summed E-state index contributed by atoms with van der Waals surface area (Å²) < 4.78 is 19.0. The third-order valence-electron chi connectivity index (χ3n) is 6.31. The molecule has 9 nitrogen and oxygen atoms in total. The van der Waals surface area contributed by atoms with E-state index in [0.717, 1.165) is 0 Å². The van der Waals surface area contributed by atoms with Gasteiger partial charge in [0.2, 0.25) is 5.91 Å². The van der Waals surface area contributed by atoms with Crippen molar-refractivity contribution in [3.63, 3.8) is 0 Å². The third kappa shape index (κ3) is 4.84. The number of amides is 2. The van der Waals surface area contributed by atoms with Gasteiger partial charge in [0, 0.05) is 35.4 Å². The van der Waals surface area contributed by atoms with E-state index in [4.69, 9.17) is 4.74 Å². The lowest BCUT2D eigenvalue weighted by atomic mass is 9.79. The van der Waals surface area contributed by atoms with Crippen LogP contribution >= 0.6 is 11.8 Å². The predicted molar refractivity (Wildman–Crippen MR) is 121 cm³/mol. The van der Waals surface area contributed by atoms with E-state index in [9.17, 15) is 33.8 Å². The highest BCUT2D eigenvalue weighted by molar-refractivity contribution is 7.99. The van der Waals surface area contributed by atoms with Gasteiger partial charge in [0.05, 0.1) is 5.92 Å². The average Bonchev–Trinajstić information content (AvgIpc) is 3.37. The van der Waals surface area contributed by atoms with Crippen LogP contribution in [0.4, 0.5) is 9.18 Å². The summed E-state index contributed by atoms with van der Waals surface area (Å²) in [4.78, 5) is 50.0. The molecule has 2 saturated carbocycles. The van der Waals surface area contributed by atoms with Crippen molar-refractivity contribution in [2.75, 3.05) is 5.75 Å². The van der Waals surface area contributed by atoms with Crippen molar-refractivity contribution >= 4 is 35.7 Å². The molecule has 0 unspecified atom stereocenters. The van der Waals surface area contributed by atoms with Gasteiger partial charge in [-0.15, -0.1) is 11.8 Å². The lowest BCUT2D eigenvalue weighted by Gasteiger charge is -2.38. The van der Waals surface area contributed by atoms with Crippen molar-refractivity contribution in [3.05, 3.63) is 29.6 Å². The maximum atomic E-state index is 13.7. The molecule has 2 aliphatic carbocycles. The summed E-state index contributed by atoms with van der Waals surface area (Å²) in [5, 5.41) is 25.3. The zero-order valence-electron chi connectivity index (χ0n) is 19.5. The second-order valence-electron chi connectivity index (χ2n) is 9.82. The van der Waals surface area contributed by atoms with E-state index >= 15 is 0 Å². The van der Waals surface area contributed by atoms with Crippen LogP contribution in [0.1, 0.15) is 33.3 Å². The first kappa shape index (κ1) is 25.8. The van der Waals surface area contributed by atoms with Gasteiger partial charge in [-0.05, 0) is 57.4 Å². The molecule has 1 aromatic rings. The molecule has 2 fully saturated rings. The van der Waals surface area contributed by atoms with Crippen molar-refractivity contribution in [1.82, 2.24) is 10.6 Å². The SMILES string of the molecule is CC(=O)N[C@H]1[C@H]2[C@H](C(=O)O)[C@H]2[C@](NC(=O)OC(C)(C)C)(C(=O)O)[C@@H]1CSc1ccc(F)c(C)c1. The molecule has 0 saturated heterocycles. The molecule has 34 heavy (non-hydrogen) atoms. The normalized spacial score (nSPS) is 29.6. The van der Waals surface area contributed by atoms with E-state index in [1.165, 1.54) is 24.8 Å². The molecule has 1 aromatic carbocycles. The van der Waals surface area contributed by atoms with Gasteiger partial charge in [-0.2, -0.15) is 0 Å². The van der Waals surface area contributed by atoms with Crippen LogP contribution in [0.2, 0.25) is 0 Å². The number of fused-ring (bicyclic) bond motifs is 1. The third-order valence-corrected chi connectivity index (χ3v) is 7.42. The van der Waals surface area contributed by atoms with Crippen LogP contribution in [0.3, 0.4) is 0 Å². The fraction of sp³-hybridized carbons (Fsp3) is 0.565. The predicted octanol–water partition coefficient (Wildman–Crippen LogP) is 2.66. The summed E-state index contributed by atoms with van der Waals surface area (Å²) >= 11 is 1.24. The van der Waals surface area contributed by atoms with E-state index in [0.29, 0.717) is 10.5 Å². The summed E-state index contributed by atoms with van der Waals surface area (Å²) in [6.07, 6.45) is -0.985. The number of ether oxygens (including phenoxy) is 1. The zero-order chi connectivity index (χ0) is 25.6. The number of nitrogens with one attached hydrogen (secondary N) is 2. The molecule has 0 aromatic heterocycles. The number of carbonyl (C=O) groups is 4. The van der Waals surface area contributed by atoms with Crippen LogP contribution in [0.5, 0.6) is 0 Å². The molecule has 0 heterocycles. The highest BCUT2D eigenvalue weighted by Gasteiger charge is 2.79. The Kier molecular flexibility index (Phi) is 6.89. The number of hydrogen-bond acceptors (Lipinski definition) is 6. The van der Waals surface area contributed by atoms with Crippen molar-refractivity contribution in [1.29, 1.82) is 0 Å². The summed E-state index contributed by atoms with van der Waals surface area (Å²) in [6.45, 7) is 7.74. The van der Waals surface area contributed by atoms with Gasteiger partial charge in [-0.1, -0.05) is 0 Å². The first-order chi connectivity index (χ1) is 15.7. The highest BCUT2D eigenvalue weighted by Crippen LogP contribution is 2.65. The van der Waals surface area contributed by atoms with Crippen molar-refractivity contribution in [3.8, 4) is 0 Å². The van der Waals surface area contributed by atoms with Gasteiger partial charge < -0.3 is 25.6 Å². The summed E-state index contributed by atoms with van der Waals surface area (Å²) in [6, 6.07) is 3.68. The van der Waals surface area contributed by atoms with Crippen LogP contribution in [0.25, 0.3) is 0 Å². The molecule has 2 aliphatic rings. The highest BCUT2D eigenvalue weighted by atomic mass is 32.2. The number of hydrogen-bond donors (Lipinski definition) is 4. The number of halogens is 1. The minimum atomic E-state index is -1.98. The molecule has 0 radical (unpaired) electrons. The number of rotatable bonds is 7. The minimum absolute atomic E-state index is 0.122. The monoisotopic (exact) mass is 496 g/mol. The molecule has 186 valence electrons. The quantitative estimate of drug-likeness (QED) is 0.422. The average molecular weight is 497 g/mol. The van der Waals surface area contributed by atoms with E-state index in [1.54, 1.807) is 39.8 Å². The fourth-order valence-electron chi connectivity index (χ4n) is 5.05. The number of aryl methyl sites for hydroxylation is 1. The van der Waals surface area contributed by atoms with Crippen molar-refractivity contribution in [2.24, 2.45) is 23.7 Å². The van der Waals surface area contributed by atoms with E-state index in [2.05, 4.69) is 10.6 Å². The lowest BCUT2D eigenvalue weighted by molar-refractivity contribution is -0.149. The number of carboxylic acid groups (broad SMARTS) is 2. The van der Waals surface area contributed by atoms with Crippen LogP contribution in [-0.4, -0.2) is 57.1 Å². The minimum Gasteiger partial charge on any atom is -0.481 e.